The van der Waals surface area contributed by atoms with E-state index in [1.165, 1.54) is 18.4 Å². The zero-order chi connectivity index (χ0) is 21.8. The minimum atomic E-state index is -0.509. The Morgan fingerprint density at radius 1 is 1.16 bits per heavy atom. The summed E-state index contributed by atoms with van der Waals surface area (Å²) in [6.07, 6.45) is 2.04. The average molecular weight is 420 g/mol. The maximum absolute atomic E-state index is 13.0. The topological polar surface area (TPSA) is 92.8 Å². The van der Waals surface area contributed by atoms with Gasteiger partial charge in [0.15, 0.2) is 0 Å². The van der Waals surface area contributed by atoms with E-state index < -0.39 is 6.10 Å². The summed E-state index contributed by atoms with van der Waals surface area (Å²) in [6.45, 7) is 6.42. The van der Waals surface area contributed by atoms with Crippen molar-refractivity contribution in [2.45, 2.75) is 58.3 Å². The van der Waals surface area contributed by atoms with E-state index in [4.69, 9.17) is 4.74 Å². The molecule has 7 nitrogen and oxygen atoms in total. The average Bonchev–Trinajstić information content (AvgIpc) is 3.48. The second-order valence-electron chi connectivity index (χ2n) is 8.58. The van der Waals surface area contributed by atoms with Gasteiger partial charge in [-0.3, -0.25) is 4.79 Å². The highest BCUT2D eigenvalue weighted by Gasteiger charge is 2.26. The van der Waals surface area contributed by atoms with E-state index in [1.54, 1.807) is 0 Å². The number of nitrogens with one attached hydrogen (secondary N) is 2. The summed E-state index contributed by atoms with van der Waals surface area (Å²) in [4.78, 5) is 13.0. The Hall–Kier alpha value is -3.06. The number of carbonyl (C=O) groups is 1. The molecule has 2 atom stereocenters. The molecule has 1 unspecified atom stereocenters. The molecule has 1 aliphatic carbocycles. The van der Waals surface area contributed by atoms with Crippen molar-refractivity contribution in [3.05, 3.63) is 65.2 Å². The van der Waals surface area contributed by atoms with E-state index in [2.05, 4.69) is 50.2 Å². The highest BCUT2D eigenvalue weighted by molar-refractivity contribution is 5.81. The highest BCUT2D eigenvalue weighted by Crippen LogP contribution is 2.40. The predicted octanol–water partition coefficient (Wildman–Crippen LogP) is 4.16. The second kappa shape index (κ2) is 9.39. The van der Waals surface area contributed by atoms with Crippen LogP contribution >= 0.6 is 0 Å². The Bertz CT molecular complexity index is 997. The molecular weight excluding hydrogens is 390 g/mol. The number of amides is 1. The van der Waals surface area contributed by atoms with Crippen LogP contribution in [0.1, 0.15) is 62.3 Å². The first-order valence-electron chi connectivity index (χ1n) is 10.9. The third-order valence-corrected chi connectivity index (χ3v) is 5.67. The molecule has 4 rings (SSSR count). The molecule has 1 saturated carbocycles. The SMILES string of the molecule is CC(C)C(OCc1cccc(C2CC2)c1)C(=O)N[C@@H](C)c1ccc(-c2nn[nH]n2)cc1. The van der Waals surface area contributed by atoms with Crippen molar-refractivity contribution in [3.63, 3.8) is 0 Å². The van der Waals surface area contributed by atoms with Crippen LogP contribution in [-0.4, -0.2) is 32.6 Å². The molecule has 0 bridgehead atoms. The van der Waals surface area contributed by atoms with Gasteiger partial charge in [-0.25, -0.2) is 0 Å². The molecule has 0 saturated heterocycles. The number of aromatic amines is 1. The molecule has 0 aliphatic heterocycles. The summed E-state index contributed by atoms with van der Waals surface area (Å²) in [7, 11) is 0. The smallest absolute Gasteiger partial charge is 0.249 e. The molecule has 1 fully saturated rings. The molecule has 2 N–H and O–H groups in total. The summed E-state index contributed by atoms with van der Waals surface area (Å²) in [5, 5.41) is 17.1. The molecular formula is C24H29N5O2. The fraction of sp³-hybridized carbons (Fsp3) is 0.417. The van der Waals surface area contributed by atoms with E-state index >= 15 is 0 Å². The third-order valence-electron chi connectivity index (χ3n) is 5.67. The summed E-state index contributed by atoms with van der Waals surface area (Å²) >= 11 is 0. The number of carbonyl (C=O) groups excluding carboxylic acids is 1. The van der Waals surface area contributed by atoms with Gasteiger partial charge in [-0.1, -0.05) is 62.4 Å². The summed E-state index contributed by atoms with van der Waals surface area (Å²) < 4.78 is 6.07. The van der Waals surface area contributed by atoms with Gasteiger partial charge in [0, 0.05) is 5.56 Å². The van der Waals surface area contributed by atoms with Gasteiger partial charge in [0.05, 0.1) is 12.6 Å². The monoisotopic (exact) mass is 419 g/mol. The van der Waals surface area contributed by atoms with E-state index in [0.29, 0.717) is 18.3 Å². The molecule has 1 aromatic heterocycles. The van der Waals surface area contributed by atoms with Crippen molar-refractivity contribution in [3.8, 4) is 11.4 Å². The minimum Gasteiger partial charge on any atom is -0.363 e. The Morgan fingerprint density at radius 2 is 1.94 bits per heavy atom. The van der Waals surface area contributed by atoms with Crippen LogP contribution in [0, 0.1) is 5.92 Å². The van der Waals surface area contributed by atoms with Crippen LogP contribution in [-0.2, 0) is 16.1 Å². The standard InChI is InChI=1S/C24H29N5O2/c1-15(2)22(31-14-17-5-4-6-21(13-17)19-9-10-19)24(30)25-16(3)18-7-11-20(12-8-18)23-26-28-29-27-23/h4-8,11-13,15-16,19,22H,9-10,14H2,1-3H3,(H,25,30)(H,26,27,28,29)/t16-,22?/m0/s1. The molecule has 162 valence electrons. The number of aromatic nitrogens is 4. The zero-order valence-electron chi connectivity index (χ0n) is 18.2. The minimum absolute atomic E-state index is 0.0689. The lowest BCUT2D eigenvalue weighted by molar-refractivity contribution is -0.137. The normalized spacial score (nSPS) is 15.6. The summed E-state index contributed by atoms with van der Waals surface area (Å²) in [6, 6.07) is 16.2. The van der Waals surface area contributed by atoms with Gasteiger partial charge in [-0.05, 0) is 53.5 Å². The molecule has 7 heteroatoms. The number of tetrazole rings is 1. The molecule has 1 amide bonds. The van der Waals surface area contributed by atoms with Crippen LogP contribution in [0.5, 0.6) is 0 Å². The van der Waals surface area contributed by atoms with Crippen LogP contribution in [0.2, 0.25) is 0 Å². The van der Waals surface area contributed by atoms with Crippen molar-refractivity contribution in [2.24, 2.45) is 5.92 Å². The Labute approximate surface area is 182 Å². The first kappa shape index (κ1) is 21.2. The van der Waals surface area contributed by atoms with E-state index in [1.807, 2.05) is 45.0 Å². The van der Waals surface area contributed by atoms with Crippen molar-refractivity contribution in [2.75, 3.05) is 0 Å². The molecule has 1 aliphatic rings. The fourth-order valence-corrected chi connectivity index (χ4v) is 3.69. The van der Waals surface area contributed by atoms with Crippen LogP contribution < -0.4 is 5.32 Å². The lowest BCUT2D eigenvalue weighted by atomic mass is 10.0. The van der Waals surface area contributed by atoms with E-state index in [0.717, 1.165) is 16.7 Å². The fourth-order valence-electron chi connectivity index (χ4n) is 3.69. The van der Waals surface area contributed by atoms with Gasteiger partial charge in [0.1, 0.15) is 6.10 Å². The Balaban J connectivity index is 1.36. The van der Waals surface area contributed by atoms with Crippen molar-refractivity contribution in [1.29, 1.82) is 0 Å². The van der Waals surface area contributed by atoms with Gasteiger partial charge in [-0.2, -0.15) is 5.21 Å². The number of ether oxygens (including phenoxy) is 1. The van der Waals surface area contributed by atoms with Gasteiger partial charge >= 0.3 is 0 Å². The number of hydrogen-bond acceptors (Lipinski definition) is 5. The molecule has 1 heterocycles. The zero-order valence-corrected chi connectivity index (χ0v) is 18.2. The van der Waals surface area contributed by atoms with Crippen LogP contribution in [0.3, 0.4) is 0 Å². The number of nitrogens with zero attached hydrogens (tertiary/aromatic N) is 3. The van der Waals surface area contributed by atoms with E-state index in [9.17, 15) is 4.79 Å². The maximum atomic E-state index is 13.0. The largest absolute Gasteiger partial charge is 0.363 e. The van der Waals surface area contributed by atoms with Crippen molar-refractivity contribution >= 4 is 5.91 Å². The molecule has 2 aromatic carbocycles. The van der Waals surface area contributed by atoms with Gasteiger partial charge in [0.2, 0.25) is 11.7 Å². The van der Waals surface area contributed by atoms with Gasteiger partial charge < -0.3 is 10.1 Å². The van der Waals surface area contributed by atoms with Gasteiger partial charge in [0.25, 0.3) is 0 Å². The van der Waals surface area contributed by atoms with Crippen LogP contribution in [0.25, 0.3) is 11.4 Å². The number of hydrogen-bond donors (Lipinski definition) is 2. The van der Waals surface area contributed by atoms with Crippen molar-refractivity contribution < 1.29 is 9.53 Å². The van der Waals surface area contributed by atoms with Crippen LogP contribution in [0.4, 0.5) is 0 Å². The maximum Gasteiger partial charge on any atom is 0.249 e. The van der Waals surface area contributed by atoms with Crippen LogP contribution in [0.15, 0.2) is 48.5 Å². The van der Waals surface area contributed by atoms with Crippen molar-refractivity contribution in [1.82, 2.24) is 25.9 Å². The lowest BCUT2D eigenvalue weighted by Gasteiger charge is -2.24. The number of H-pyrrole nitrogens is 1. The molecule has 31 heavy (non-hydrogen) atoms. The lowest BCUT2D eigenvalue weighted by Crippen LogP contribution is -2.40. The molecule has 3 aromatic rings. The Kier molecular flexibility index (Phi) is 6.42. The van der Waals surface area contributed by atoms with Gasteiger partial charge in [-0.15, -0.1) is 10.2 Å². The second-order valence-corrected chi connectivity index (χ2v) is 8.58. The van der Waals surface area contributed by atoms with E-state index in [-0.39, 0.29) is 17.9 Å². The summed E-state index contributed by atoms with van der Waals surface area (Å²) in [5.41, 5.74) is 4.37. The quantitative estimate of drug-likeness (QED) is 0.543. The first-order valence-corrected chi connectivity index (χ1v) is 10.9. The molecule has 0 radical (unpaired) electrons. The predicted molar refractivity (Wildman–Crippen MR) is 118 cm³/mol. The number of benzene rings is 2. The first-order chi connectivity index (χ1) is 15.0. The Morgan fingerprint density at radius 3 is 2.58 bits per heavy atom. The summed E-state index contributed by atoms with van der Waals surface area (Å²) in [5.74, 6) is 1.22. The third kappa shape index (κ3) is 5.35. The number of rotatable bonds is 9. The molecule has 0 spiro atoms. The highest BCUT2D eigenvalue weighted by atomic mass is 16.5.